The van der Waals surface area contributed by atoms with Crippen LogP contribution in [0.1, 0.15) is 25.0 Å². The fourth-order valence-corrected chi connectivity index (χ4v) is 8.95. The van der Waals surface area contributed by atoms with E-state index in [1.807, 2.05) is 6.21 Å². The molecule has 1 amide bonds. The summed E-state index contributed by atoms with van der Waals surface area (Å²) in [6, 6.07) is 9.77. The van der Waals surface area contributed by atoms with Gasteiger partial charge in [-0.2, -0.15) is 0 Å². The fraction of sp³-hybridized carbons (Fsp3) is 0.457. The lowest BCUT2D eigenvalue weighted by Gasteiger charge is -2.50. The third-order valence-electron chi connectivity index (χ3n) is 9.70. The molecule has 1 unspecified atom stereocenters. The Morgan fingerprint density at radius 2 is 1.87 bits per heavy atom. The number of hydrogen-bond acceptors (Lipinski definition) is 15. The number of ether oxygens (including phenoxy) is 4. The highest BCUT2D eigenvalue weighted by Gasteiger charge is 2.63. The van der Waals surface area contributed by atoms with E-state index in [4.69, 9.17) is 24.7 Å². The highest BCUT2D eigenvalue weighted by Crippen LogP contribution is 2.44. The molecule has 0 aromatic heterocycles. The summed E-state index contributed by atoms with van der Waals surface area (Å²) in [6.07, 6.45) is -6.93. The molecule has 0 saturated carbocycles. The van der Waals surface area contributed by atoms with Gasteiger partial charge in [0.2, 0.25) is 12.4 Å². The smallest absolute Gasteiger partial charge is 0.335 e. The van der Waals surface area contributed by atoms with Gasteiger partial charge < -0.3 is 55.3 Å². The number of amides is 1. The number of carboxylic acids is 1. The van der Waals surface area contributed by atoms with E-state index in [1.54, 1.807) is 0 Å². The molecule has 52 heavy (non-hydrogen) atoms. The number of aliphatic hydroxyl groups excluding tert-OH is 3. The van der Waals surface area contributed by atoms with Gasteiger partial charge in [0, 0.05) is 24.6 Å². The Morgan fingerprint density at radius 1 is 1.12 bits per heavy atom. The number of aliphatic imine (C=N–C) groups is 1. The highest BCUT2D eigenvalue weighted by atomic mass is 33.1. The minimum atomic E-state index is -2.60. The normalized spacial score (nSPS) is 32.5. The van der Waals surface area contributed by atoms with Crippen molar-refractivity contribution in [2.75, 3.05) is 24.8 Å². The van der Waals surface area contributed by atoms with Crippen LogP contribution in [0.25, 0.3) is 11.3 Å². The number of nitrogens with two attached hydrogens (primary N) is 1. The standard InChI is InChI=1S/C35H41N3O12S2/c1-16(2)22-13-38-33(45)35(46)30(47-15-52-51-14-23(22)18-9-10-37-12-18)27(41)29(32(43)44)50-34(35)48-20-7-8-21-24(11-20)49-28(31(36)42)25(26(21)40)17-3-5-19(39)6-4-17/h3-9,11-12,16,22-23,27-30,33-34,38-41,45-46H,10,13-15H2,1-2H3,(H2,36,42)(H,43,44)/t22-,23+,27+,28?,29-,30-,33+,34+,35-/m0/s1. The molecule has 0 spiro atoms. The van der Waals surface area contributed by atoms with Crippen molar-refractivity contribution < 1.29 is 59.2 Å². The predicted octanol–water partition coefficient (Wildman–Crippen LogP) is 1.89. The third kappa shape index (κ3) is 7.36. The monoisotopic (exact) mass is 759 g/mol. The van der Waals surface area contributed by atoms with Crippen molar-refractivity contribution in [3.8, 4) is 17.2 Å². The number of aliphatic hydroxyl groups is 4. The van der Waals surface area contributed by atoms with Crippen LogP contribution >= 0.6 is 21.6 Å². The van der Waals surface area contributed by atoms with Gasteiger partial charge in [-0.25, -0.2) is 4.79 Å². The van der Waals surface area contributed by atoms with Crippen molar-refractivity contribution in [2.24, 2.45) is 28.5 Å². The van der Waals surface area contributed by atoms with Crippen LogP contribution in [0.4, 0.5) is 0 Å². The Morgan fingerprint density at radius 3 is 2.52 bits per heavy atom. The van der Waals surface area contributed by atoms with E-state index >= 15 is 0 Å². The van der Waals surface area contributed by atoms with E-state index in [9.17, 15) is 40.2 Å². The molecule has 4 aliphatic rings. The summed E-state index contributed by atoms with van der Waals surface area (Å²) in [4.78, 5) is 29.2. The number of aliphatic carboxylic acids is 1. The number of benzene rings is 2. The van der Waals surface area contributed by atoms with Crippen molar-refractivity contribution >= 4 is 51.0 Å². The number of phenols is 1. The molecule has 2 aromatic carbocycles. The molecule has 280 valence electrons. The fourth-order valence-electron chi connectivity index (χ4n) is 6.90. The number of primary amides is 1. The Bertz CT molecular complexity index is 1750. The number of carboxylic acid groups (broad SMARTS) is 1. The molecule has 2 aromatic rings. The summed E-state index contributed by atoms with van der Waals surface area (Å²) in [5.41, 5.74) is 4.71. The molecule has 6 rings (SSSR count). The molecule has 2 fully saturated rings. The summed E-state index contributed by atoms with van der Waals surface area (Å²) in [7, 11) is 2.83. The average Bonchev–Trinajstić information content (AvgIpc) is 3.64. The first kappa shape index (κ1) is 37.9. The van der Waals surface area contributed by atoms with Crippen molar-refractivity contribution in [1.29, 1.82) is 0 Å². The van der Waals surface area contributed by atoms with Gasteiger partial charge in [-0.1, -0.05) is 53.6 Å². The number of nitrogens with one attached hydrogen (secondary N) is 1. The Hall–Kier alpha value is -3.81. The maximum absolute atomic E-state index is 12.5. The third-order valence-corrected chi connectivity index (χ3v) is 11.8. The van der Waals surface area contributed by atoms with E-state index in [1.165, 1.54) is 64.1 Å². The quantitative estimate of drug-likeness (QED) is 0.188. The Labute approximate surface area is 306 Å². The van der Waals surface area contributed by atoms with Gasteiger partial charge in [0.25, 0.3) is 5.91 Å². The molecule has 9 N–H and O–H groups in total. The average molecular weight is 760 g/mol. The first-order valence-corrected chi connectivity index (χ1v) is 19.1. The molecular weight excluding hydrogens is 719 g/mol. The summed E-state index contributed by atoms with van der Waals surface area (Å²) in [5.74, 6) is -2.25. The summed E-state index contributed by atoms with van der Waals surface area (Å²) >= 11 is 0. The summed E-state index contributed by atoms with van der Waals surface area (Å²) in [5, 5.41) is 69.3. The second-order valence-electron chi connectivity index (χ2n) is 13.2. The SMILES string of the molecule is CC(C)[C@@H]1CN[C@H](O)[C@]2(O)[C@H](Oc3ccc4c(c3)OC(C(N)=O)C(c3ccc(O)cc3)=C4O)O[C@H](C(=O)O)[C@@H](O)[C@@H]2OCSSC[C@@H]1C1=CCN=C1. The van der Waals surface area contributed by atoms with E-state index in [-0.39, 0.29) is 64.4 Å². The lowest BCUT2D eigenvalue weighted by molar-refractivity contribution is -0.342. The van der Waals surface area contributed by atoms with Crippen LogP contribution in [0, 0.1) is 17.8 Å². The lowest BCUT2D eigenvalue weighted by Crippen LogP contribution is -2.75. The second kappa shape index (κ2) is 15.7. The van der Waals surface area contributed by atoms with Crippen LogP contribution in [0.3, 0.4) is 0 Å². The van der Waals surface area contributed by atoms with Crippen molar-refractivity contribution in [3.05, 3.63) is 65.2 Å². The number of hydrogen-bond donors (Lipinski definition) is 8. The summed E-state index contributed by atoms with van der Waals surface area (Å²) < 4.78 is 23.6. The first-order valence-electron chi connectivity index (χ1n) is 16.6. The highest BCUT2D eigenvalue weighted by molar-refractivity contribution is 8.76. The molecule has 2 saturated heterocycles. The van der Waals surface area contributed by atoms with Gasteiger partial charge in [-0.3, -0.25) is 15.1 Å². The molecular formula is C35H41N3O12S2. The molecule has 0 radical (unpaired) electrons. The summed E-state index contributed by atoms with van der Waals surface area (Å²) in [6.45, 7) is 4.90. The van der Waals surface area contributed by atoms with Crippen LogP contribution in [0.2, 0.25) is 0 Å². The molecule has 0 aliphatic carbocycles. The number of nitrogens with zero attached hydrogens (tertiary/aromatic N) is 1. The number of carbonyl (C=O) groups is 2. The topological polar surface area (TPSA) is 243 Å². The van der Waals surface area contributed by atoms with Crippen molar-refractivity contribution in [3.63, 3.8) is 0 Å². The van der Waals surface area contributed by atoms with Crippen molar-refractivity contribution in [2.45, 2.75) is 56.4 Å². The van der Waals surface area contributed by atoms with Crippen molar-refractivity contribution in [1.82, 2.24) is 5.32 Å². The first-order chi connectivity index (χ1) is 24.8. The zero-order chi connectivity index (χ0) is 37.3. The van der Waals surface area contributed by atoms with Crippen LogP contribution in [0.15, 0.2) is 59.1 Å². The zero-order valence-electron chi connectivity index (χ0n) is 28.2. The molecule has 4 heterocycles. The van der Waals surface area contributed by atoms with Gasteiger partial charge in [-0.15, -0.1) is 0 Å². The zero-order valence-corrected chi connectivity index (χ0v) is 29.8. The number of aromatic hydroxyl groups is 1. The Balaban J connectivity index is 1.35. The minimum Gasteiger partial charge on any atom is -0.508 e. The van der Waals surface area contributed by atoms with Gasteiger partial charge in [0.15, 0.2) is 11.7 Å². The maximum Gasteiger partial charge on any atom is 0.335 e. The minimum absolute atomic E-state index is 0.0320. The van der Waals surface area contributed by atoms with E-state index in [0.29, 0.717) is 17.9 Å². The van der Waals surface area contributed by atoms with Gasteiger partial charge >= 0.3 is 5.97 Å². The van der Waals surface area contributed by atoms with Crippen LogP contribution < -0.4 is 20.5 Å². The second-order valence-corrected chi connectivity index (χ2v) is 15.7. The number of rotatable bonds is 7. The number of phenolic OH excluding ortho intramolecular Hbond substituents is 1. The largest absolute Gasteiger partial charge is 0.508 e. The number of fused-ring (bicyclic) bond motifs is 2. The van der Waals surface area contributed by atoms with Gasteiger partial charge in [-0.05, 0) is 53.2 Å². The maximum atomic E-state index is 12.5. The van der Waals surface area contributed by atoms with E-state index < -0.39 is 54.4 Å². The number of allylic oxidation sites excluding steroid dienone is 1. The van der Waals surface area contributed by atoms with E-state index in [2.05, 4.69) is 30.2 Å². The molecule has 15 nitrogen and oxygen atoms in total. The van der Waals surface area contributed by atoms with Gasteiger partial charge in [0.1, 0.15) is 47.4 Å². The predicted molar refractivity (Wildman–Crippen MR) is 193 cm³/mol. The number of carbonyl (C=O) groups excluding carboxylic acids is 1. The molecule has 9 atom stereocenters. The Kier molecular flexibility index (Phi) is 11.4. The van der Waals surface area contributed by atoms with E-state index in [0.717, 1.165) is 5.57 Å². The molecule has 0 bridgehead atoms. The van der Waals surface area contributed by atoms with Crippen LogP contribution in [-0.2, 0) is 19.1 Å². The lowest BCUT2D eigenvalue weighted by atomic mass is 9.79. The van der Waals surface area contributed by atoms with Crippen LogP contribution in [-0.4, -0.2) is 116 Å². The van der Waals surface area contributed by atoms with Crippen LogP contribution in [0.5, 0.6) is 17.2 Å². The molecule has 4 aliphatic heterocycles. The van der Waals surface area contributed by atoms with Gasteiger partial charge in [0.05, 0.1) is 17.7 Å². The molecule has 17 heteroatoms.